The molecule has 0 radical (unpaired) electrons. The normalized spacial score (nSPS) is 26.5. The molecule has 3 N–H and O–H groups in total. The smallest absolute Gasteiger partial charge is 0.153 e. The zero-order chi connectivity index (χ0) is 14.4. The number of oxime groups is 1. The Morgan fingerprint density at radius 3 is 2.75 bits per heavy atom. The van der Waals surface area contributed by atoms with Gasteiger partial charge < -0.3 is 15.7 Å². The number of ether oxygens (including phenoxy) is 1. The zero-order valence-electron chi connectivity index (χ0n) is 12.7. The van der Waals surface area contributed by atoms with Gasteiger partial charge in [0.25, 0.3) is 0 Å². The Bertz CT molecular complexity index is 327. The van der Waals surface area contributed by atoms with Crippen LogP contribution in [0.15, 0.2) is 5.16 Å². The molecule has 1 atom stereocenters. The number of amidine groups is 1. The van der Waals surface area contributed by atoms with Crippen LogP contribution in [0.1, 0.15) is 58.3 Å². The number of nitrogens with zero attached hydrogens (tertiary/aromatic N) is 2. The number of nitrogens with two attached hydrogens (primary N) is 1. The predicted molar refractivity (Wildman–Crippen MR) is 80.1 cm³/mol. The van der Waals surface area contributed by atoms with Crippen LogP contribution in [-0.4, -0.2) is 47.3 Å². The Morgan fingerprint density at radius 1 is 1.35 bits per heavy atom. The van der Waals surface area contributed by atoms with Gasteiger partial charge >= 0.3 is 0 Å². The average Bonchev–Trinajstić information content (AvgIpc) is 2.82. The fourth-order valence-electron chi connectivity index (χ4n) is 3.69. The molecular weight excluding hydrogens is 254 g/mol. The molecule has 2 fully saturated rings. The van der Waals surface area contributed by atoms with Crippen LogP contribution in [-0.2, 0) is 4.74 Å². The predicted octanol–water partition coefficient (Wildman–Crippen LogP) is 2.33. The highest BCUT2D eigenvalue weighted by Crippen LogP contribution is 2.41. The molecule has 0 aromatic heterocycles. The maximum atomic E-state index is 8.72. The molecule has 2 rings (SSSR count). The molecule has 1 spiro atoms. The molecule has 116 valence electrons. The first-order valence-corrected chi connectivity index (χ1v) is 8.04. The molecule has 5 nitrogen and oxygen atoms in total. The van der Waals surface area contributed by atoms with E-state index >= 15 is 0 Å². The molecule has 0 bridgehead atoms. The summed E-state index contributed by atoms with van der Waals surface area (Å²) in [6, 6.07) is 0. The number of hydrogen-bond donors (Lipinski definition) is 2. The van der Waals surface area contributed by atoms with Crippen LogP contribution in [0.25, 0.3) is 0 Å². The monoisotopic (exact) mass is 283 g/mol. The summed E-state index contributed by atoms with van der Waals surface area (Å²) in [5.41, 5.74) is 5.81. The van der Waals surface area contributed by atoms with Crippen molar-refractivity contribution in [3.63, 3.8) is 0 Å². The van der Waals surface area contributed by atoms with Crippen LogP contribution in [0.3, 0.4) is 0 Å². The SMILES string of the molecule is CCCN(CC(N)=NO)CC1CCC2(CCCCC2)O1. The molecule has 5 heteroatoms. The molecule has 1 saturated carbocycles. The Hall–Kier alpha value is -0.810. The molecule has 1 heterocycles. The molecule has 0 aromatic rings. The maximum Gasteiger partial charge on any atom is 0.153 e. The molecule has 1 aliphatic carbocycles. The lowest BCUT2D eigenvalue weighted by molar-refractivity contribution is -0.0708. The van der Waals surface area contributed by atoms with Crippen LogP contribution < -0.4 is 5.73 Å². The largest absolute Gasteiger partial charge is 0.409 e. The highest BCUT2D eigenvalue weighted by atomic mass is 16.5. The van der Waals surface area contributed by atoms with Gasteiger partial charge in [0.15, 0.2) is 5.84 Å². The van der Waals surface area contributed by atoms with Crippen molar-refractivity contribution in [3.05, 3.63) is 0 Å². The standard InChI is InChI=1S/C15H29N3O2/c1-2-10-18(12-14(16)17-19)11-13-6-9-15(20-13)7-4-3-5-8-15/h13,19H,2-12H2,1H3,(H2,16,17). The third-order valence-electron chi connectivity index (χ3n) is 4.62. The van der Waals surface area contributed by atoms with E-state index in [0.29, 0.717) is 12.6 Å². The highest BCUT2D eigenvalue weighted by molar-refractivity contribution is 5.81. The quantitative estimate of drug-likeness (QED) is 0.340. The van der Waals surface area contributed by atoms with E-state index in [2.05, 4.69) is 17.0 Å². The molecule has 2 aliphatic rings. The summed E-state index contributed by atoms with van der Waals surface area (Å²) in [5.74, 6) is 0.281. The van der Waals surface area contributed by atoms with Gasteiger partial charge in [-0.3, -0.25) is 4.90 Å². The van der Waals surface area contributed by atoms with Crippen molar-refractivity contribution in [1.82, 2.24) is 4.90 Å². The Kier molecular flexibility index (Phi) is 5.66. The molecule has 1 saturated heterocycles. The van der Waals surface area contributed by atoms with E-state index in [9.17, 15) is 0 Å². The fraction of sp³-hybridized carbons (Fsp3) is 0.933. The molecule has 0 aromatic carbocycles. The van der Waals surface area contributed by atoms with Gasteiger partial charge in [0.05, 0.1) is 18.2 Å². The minimum Gasteiger partial charge on any atom is -0.409 e. The summed E-state index contributed by atoms with van der Waals surface area (Å²) in [4.78, 5) is 2.24. The van der Waals surface area contributed by atoms with Gasteiger partial charge in [-0.25, -0.2) is 0 Å². The minimum absolute atomic E-state index is 0.178. The van der Waals surface area contributed by atoms with Crippen molar-refractivity contribution >= 4 is 5.84 Å². The van der Waals surface area contributed by atoms with E-state index in [0.717, 1.165) is 25.9 Å². The van der Waals surface area contributed by atoms with Crippen LogP contribution in [0.2, 0.25) is 0 Å². The van der Waals surface area contributed by atoms with Crippen molar-refractivity contribution in [2.45, 2.75) is 70.0 Å². The lowest BCUT2D eigenvalue weighted by Gasteiger charge is -2.34. The summed E-state index contributed by atoms with van der Waals surface area (Å²) in [6.07, 6.45) is 10.2. The van der Waals surface area contributed by atoms with E-state index in [-0.39, 0.29) is 11.4 Å². The first kappa shape index (κ1) is 15.6. The first-order valence-electron chi connectivity index (χ1n) is 8.04. The lowest BCUT2D eigenvalue weighted by Crippen LogP contribution is -2.40. The number of rotatable bonds is 6. The van der Waals surface area contributed by atoms with Crippen molar-refractivity contribution < 1.29 is 9.94 Å². The van der Waals surface area contributed by atoms with Gasteiger partial charge in [-0.15, -0.1) is 0 Å². The molecular formula is C15H29N3O2. The van der Waals surface area contributed by atoms with Crippen LogP contribution in [0.5, 0.6) is 0 Å². The van der Waals surface area contributed by atoms with Crippen molar-refractivity contribution in [2.75, 3.05) is 19.6 Å². The van der Waals surface area contributed by atoms with Crippen molar-refractivity contribution in [3.8, 4) is 0 Å². The van der Waals surface area contributed by atoms with Crippen LogP contribution in [0, 0.1) is 0 Å². The van der Waals surface area contributed by atoms with Gasteiger partial charge in [-0.05, 0) is 38.6 Å². The Morgan fingerprint density at radius 2 is 2.10 bits per heavy atom. The van der Waals surface area contributed by atoms with Crippen molar-refractivity contribution in [2.24, 2.45) is 10.9 Å². The molecule has 1 unspecified atom stereocenters. The Balaban J connectivity index is 1.84. The summed E-state index contributed by atoms with van der Waals surface area (Å²) in [5, 5.41) is 11.8. The second kappa shape index (κ2) is 7.27. The van der Waals surface area contributed by atoms with E-state index < -0.39 is 0 Å². The van der Waals surface area contributed by atoms with Crippen LogP contribution >= 0.6 is 0 Å². The van der Waals surface area contributed by atoms with E-state index in [1.807, 2.05) is 0 Å². The summed E-state index contributed by atoms with van der Waals surface area (Å²) in [7, 11) is 0. The minimum atomic E-state index is 0.178. The third-order valence-corrected chi connectivity index (χ3v) is 4.62. The Labute approximate surface area is 122 Å². The zero-order valence-corrected chi connectivity index (χ0v) is 12.7. The van der Waals surface area contributed by atoms with Crippen LogP contribution in [0.4, 0.5) is 0 Å². The average molecular weight is 283 g/mol. The highest BCUT2D eigenvalue weighted by Gasteiger charge is 2.41. The first-order chi connectivity index (χ1) is 9.67. The summed E-state index contributed by atoms with van der Waals surface area (Å²) >= 11 is 0. The summed E-state index contributed by atoms with van der Waals surface area (Å²) < 4.78 is 6.40. The van der Waals surface area contributed by atoms with Gasteiger partial charge in [-0.1, -0.05) is 31.3 Å². The molecule has 0 amide bonds. The third kappa shape index (κ3) is 4.09. The molecule has 1 aliphatic heterocycles. The van der Waals surface area contributed by atoms with Gasteiger partial charge in [-0.2, -0.15) is 0 Å². The van der Waals surface area contributed by atoms with E-state index in [1.165, 1.54) is 38.5 Å². The van der Waals surface area contributed by atoms with Gasteiger partial charge in [0.1, 0.15) is 0 Å². The number of hydrogen-bond acceptors (Lipinski definition) is 4. The lowest BCUT2D eigenvalue weighted by atomic mass is 9.83. The van der Waals surface area contributed by atoms with E-state index in [1.54, 1.807) is 0 Å². The fourth-order valence-corrected chi connectivity index (χ4v) is 3.69. The molecule has 20 heavy (non-hydrogen) atoms. The van der Waals surface area contributed by atoms with E-state index in [4.69, 9.17) is 15.7 Å². The van der Waals surface area contributed by atoms with Crippen molar-refractivity contribution in [1.29, 1.82) is 0 Å². The van der Waals surface area contributed by atoms with Gasteiger partial charge in [0, 0.05) is 6.54 Å². The summed E-state index contributed by atoms with van der Waals surface area (Å²) in [6.45, 7) is 4.53. The van der Waals surface area contributed by atoms with Gasteiger partial charge in [0.2, 0.25) is 0 Å². The second-order valence-electron chi connectivity index (χ2n) is 6.35. The second-order valence-corrected chi connectivity index (χ2v) is 6.35. The topological polar surface area (TPSA) is 71.1 Å². The maximum absolute atomic E-state index is 8.72.